The highest BCUT2D eigenvalue weighted by Gasteiger charge is 2.29. The Hall–Kier alpha value is -1.93. The molecule has 0 aliphatic carbocycles. The molecule has 0 atom stereocenters. The number of piperazine rings is 1. The molecule has 0 saturated carbocycles. The zero-order valence-corrected chi connectivity index (χ0v) is 13.0. The minimum absolute atomic E-state index is 0.148. The summed E-state index contributed by atoms with van der Waals surface area (Å²) in [7, 11) is -3.58. The van der Waals surface area contributed by atoms with E-state index < -0.39 is 28.3 Å². The minimum Gasteiger partial charge on any atom is -0.550 e. The number of aryl methyl sites for hydroxylation is 1. The Morgan fingerprint density at radius 3 is 2.14 bits per heavy atom. The summed E-state index contributed by atoms with van der Waals surface area (Å²) in [6.45, 7) is 2.52. The van der Waals surface area contributed by atoms with Crippen LogP contribution in [-0.2, 0) is 19.6 Å². The Bertz CT molecular complexity index is 661. The second-order valence-corrected chi connectivity index (χ2v) is 7.08. The molecule has 1 aliphatic rings. The largest absolute Gasteiger partial charge is 0.550 e. The Kier molecular flexibility index (Phi) is 4.82. The molecule has 0 N–H and O–H groups in total. The minimum atomic E-state index is -3.58. The van der Waals surface area contributed by atoms with E-state index in [1.807, 2.05) is 6.92 Å². The summed E-state index contributed by atoms with van der Waals surface area (Å²) in [5, 5.41) is 10.4. The van der Waals surface area contributed by atoms with Gasteiger partial charge in [-0.3, -0.25) is 4.79 Å². The number of hydrogen-bond donors (Lipinski definition) is 0. The topological polar surface area (TPSA) is 97.8 Å². The molecule has 2 rings (SSSR count). The first kappa shape index (κ1) is 16.4. The Morgan fingerprint density at radius 2 is 1.64 bits per heavy atom. The monoisotopic (exact) mass is 325 g/mol. The van der Waals surface area contributed by atoms with E-state index in [4.69, 9.17) is 0 Å². The second kappa shape index (κ2) is 6.45. The van der Waals surface area contributed by atoms with Crippen LogP contribution in [0.2, 0.25) is 0 Å². The van der Waals surface area contributed by atoms with Crippen LogP contribution in [0, 0.1) is 6.92 Å². The number of rotatable bonds is 4. The fourth-order valence-electron chi connectivity index (χ4n) is 2.27. The lowest BCUT2D eigenvalue weighted by atomic mass is 10.2. The van der Waals surface area contributed by atoms with Crippen molar-refractivity contribution in [1.82, 2.24) is 9.21 Å². The molecule has 0 unspecified atom stereocenters. The van der Waals surface area contributed by atoms with Gasteiger partial charge < -0.3 is 14.8 Å². The highest BCUT2D eigenvalue weighted by Crippen LogP contribution is 2.18. The van der Waals surface area contributed by atoms with Gasteiger partial charge in [-0.1, -0.05) is 17.7 Å². The highest BCUT2D eigenvalue weighted by molar-refractivity contribution is 7.89. The van der Waals surface area contributed by atoms with E-state index in [1.165, 1.54) is 9.21 Å². The van der Waals surface area contributed by atoms with Crippen LogP contribution in [0.3, 0.4) is 0 Å². The third kappa shape index (κ3) is 3.63. The van der Waals surface area contributed by atoms with Gasteiger partial charge in [0.2, 0.25) is 15.9 Å². The van der Waals surface area contributed by atoms with E-state index in [0.29, 0.717) is 0 Å². The van der Waals surface area contributed by atoms with Crippen molar-refractivity contribution in [3.63, 3.8) is 0 Å². The molecular formula is C14H17N2O5S-. The van der Waals surface area contributed by atoms with E-state index in [2.05, 4.69) is 0 Å². The third-order valence-corrected chi connectivity index (χ3v) is 5.46. The van der Waals surface area contributed by atoms with Crippen LogP contribution in [0.5, 0.6) is 0 Å². The summed E-state index contributed by atoms with van der Waals surface area (Å²) >= 11 is 0. The molecule has 8 heteroatoms. The first-order chi connectivity index (χ1) is 10.3. The number of carbonyl (C=O) groups excluding carboxylic acids is 2. The van der Waals surface area contributed by atoms with Gasteiger partial charge in [-0.25, -0.2) is 8.42 Å². The van der Waals surface area contributed by atoms with Crippen molar-refractivity contribution in [2.24, 2.45) is 0 Å². The zero-order chi connectivity index (χ0) is 16.3. The third-order valence-electron chi connectivity index (χ3n) is 3.55. The van der Waals surface area contributed by atoms with Crippen LogP contribution in [-0.4, -0.2) is 55.7 Å². The predicted molar refractivity (Wildman–Crippen MR) is 76.1 cm³/mol. The normalized spacial score (nSPS) is 16.5. The van der Waals surface area contributed by atoms with E-state index in [9.17, 15) is 23.1 Å². The molecule has 7 nitrogen and oxygen atoms in total. The quantitative estimate of drug-likeness (QED) is 0.659. The van der Waals surface area contributed by atoms with Gasteiger partial charge >= 0.3 is 0 Å². The summed E-state index contributed by atoms with van der Waals surface area (Å²) in [6.07, 6.45) is -0.676. The van der Waals surface area contributed by atoms with Gasteiger partial charge in [-0.05, 0) is 19.1 Å². The number of nitrogens with zero attached hydrogens (tertiary/aromatic N) is 2. The van der Waals surface area contributed by atoms with Gasteiger partial charge in [-0.2, -0.15) is 4.31 Å². The SMILES string of the molecule is Cc1ccc(S(=O)(=O)N2CCN(C(=O)CC(=O)[O-])CC2)cc1. The van der Waals surface area contributed by atoms with Gasteiger partial charge in [0, 0.05) is 26.2 Å². The van der Waals surface area contributed by atoms with Crippen molar-refractivity contribution in [2.45, 2.75) is 18.2 Å². The number of aliphatic carboxylic acids is 1. The molecular weight excluding hydrogens is 308 g/mol. The van der Waals surface area contributed by atoms with Crippen LogP contribution < -0.4 is 5.11 Å². The second-order valence-electron chi connectivity index (χ2n) is 5.15. The summed E-state index contributed by atoms with van der Waals surface area (Å²) in [5.74, 6) is -1.98. The number of amides is 1. The van der Waals surface area contributed by atoms with Crippen molar-refractivity contribution < 1.29 is 23.1 Å². The molecule has 1 saturated heterocycles. The fourth-order valence-corrected chi connectivity index (χ4v) is 3.69. The van der Waals surface area contributed by atoms with Gasteiger partial charge in [-0.15, -0.1) is 0 Å². The average molecular weight is 325 g/mol. The predicted octanol–water partition coefficient (Wildman–Crippen LogP) is -1.03. The Morgan fingerprint density at radius 1 is 1.09 bits per heavy atom. The van der Waals surface area contributed by atoms with Crippen molar-refractivity contribution in [3.05, 3.63) is 29.8 Å². The zero-order valence-electron chi connectivity index (χ0n) is 12.2. The molecule has 1 aliphatic heterocycles. The van der Waals surface area contributed by atoms with Crippen molar-refractivity contribution in [1.29, 1.82) is 0 Å². The van der Waals surface area contributed by atoms with Crippen molar-refractivity contribution in [2.75, 3.05) is 26.2 Å². The molecule has 120 valence electrons. The molecule has 1 aromatic rings. The van der Waals surface area contributed by atoms with Crippen LogP contribution in [0.1, 0.15) is 12.0 Å². The summed E-state index contributed by atoms with van der Waals surface area (Å²) in [4.78, 5) is 23.6. The lowest BCUT2D eigenvalue weighted by molar-refractivity contribution is -0.304. The van der Waals surface area contributed by atoms with Crippen molar-refractivity contribution >= 4 is 21.9 Å². The summed E-state index contributed by atoms with van der Waals surface area (Å²) < 4.78 is 26.2. The van der Waals surface area contributed by atoms with Gasteiger partial charge in [0.15, 0.2) is 0 Å². The molecule has 0 spiro atoms. The van der Waals surface area contributed by atoms with Crippen LogP contribution in [0.4, 0.5) is 0 Å². The average Bonchev–Trinajstić information content (AvgIpc) is 2.47. The number of carboxylic acids is 1. The molecule has 1 amide bonds. The molecule has 0 aromatic heterocycles. The van der Waals surface area contributed by atoms with Crippen molar-refractivity contribution in [3.8, 4) is 0 Å². The maximum atomic E-state index is 12.5. The maximum Gasteiger partial charge on any atom is 0.243 e. The number of carbonyl (C=O) groups is 2. The molecule has 0 bridgehead atoms. The lowest BCUT2D eigenvalue weighted by Gasteiger charge is -2.34. The molecule has 0 radical (unpaired) electrons. The number of carboxylic acid groups (broad SMARTS) is 1. The highest BCUT2D eigenvalue weighted by atomic mass is 32.2. The fraction of sp³-hybridized carbons (Fsp3) is 0.429. The molecule has 1 heterocycles. The van der Waals surface area contributed by atoms with E-state index in [-0.39, 0.29) is 31.1 Å². The number of sulfonamides is 1. The molecule has 22 heavy (non-hydrogen) atoms. The number of benzene rings is 1. The van der Waals surface area contributed by atoms with E-state index in [0.717, 1.165) is 5.56 Å². The van der Waals surface area contributed by atoms with E-state index in [1.54, 1.807) is 24.3 Å². The summed E-state index contributed by atoms with van der Waals surface area (Å²) in [5.41, 5.74) is 0.969. The first-order valence-corrected chi connectivity index (χ1v) is 8.29. The van der Waals surface area contributed by atoms with Crippen LogP contribution in [0.25, 0.3) is 0 Å². The first-order valence-electron chi connectivity index (χ1n) is 6.85. The smallest absolute Gasteiger partial charge is 0.243 e. The maximum absolute atomic E-state index is 12.5. The summed E-state index contributed by atoms with van der Waals surface area (Å²) in [6, 6.07) is 6.57. The molecule has 1 aromatic carbocycles. The molecule has 1 fully saturated rings. The standard InChI is InChI=1S/C14H18N2O5S/c1-11-2-4-12(5-3-11)22(20,21)16-8-6-15(7-9-16)13(17)10-14(18)19/h2-5H,6-10H2,1H3,(H,18,19)/p-1. The van der Waals surface area contributed by atoms with Crippen LogP contribution in [0.15, 0.2) is 29.2 Å². The number of hydrogen-bond acceptors (Lipinski definition) is 5. The van der Waals surface area contributed by atoms with Gasteiger partial charge in [0.05, 0.1) is 17.3 Å². The van der Waals surface area contributed by atoms with Gasteiger partial charge in [0.25, 0.3) is 0 Å². The Balaban J connectivity index is 2.03. The Labute approximate surface area is 129 Å². The van der Waals surface area contributed by atoms with E-state index >= 15 is 0 Å². The van der Waals surface area contributed by atoms with Crippen LogP contribution >= 0.6 is 0 Å². The lowest BCUT2D eigenvalue weighted by Crippen LogP contribution is -2.51. The van der Waals surface area contributed by atoms with Gasteiger partial charge in [0.1, 0.15) is 0 Å².